The first-order valence-electron chi connectivity index (χ1n) is 8.79. The Kier molecular flexibility index (Phi) is 6.55. The Labute approximate surface area is 176 Å². The highest BCUT2D eigenvalue weighted by Gasteiger charge is 2.31. The predicted octanol–water partition coefficient (Wildman–Crippen LogP) is 3.71. The number of carbonyl (C=O) groups excluding carboxylic acids is 1. The molecule has 29 heavy (non-hydrogen) atoms. The molecule has 1 N–H and O–H groups in total. The lowest BCUT2D eigenvalue weighted by atomic mass is 10.3. The second kappa shape index (κ2) is 9.10. The van der Waals surface area contributed by atoms with E-state index in [9.17, 15) is 14.9 Å². The highest BCUT2D eigenvalue weighted by atomic mass is 35.5. The maximum Gasteiger partial charge on any atom is 0.409 e. The number of aromatic nitrogens is 2. The lowest BCUT2D eigenvalue weighted by Gasteiger charge is -2.34. The highest BCUT2D eigenvalue weighted by Crippen LogP contribution is 2.37. The average molecular weight is 441 g/mol. The van der Waals surface area contributed by atoms with Crippen molar-refractivity contribution in [3.05, 3.63) is 44.7 Å². The van der Waals surface area contributed by atoms with E-state index in [1.54, 1.807) is 34.9 Å². The Hall–Kier alpha value is -2.85. The fourth-order valence-corrected chi connectivity index (χ4v) is 3.25. The van der Waals surface area contributed by atoms with Crippen LogP contribution in [0, 0.1) is 10.1 Å². The number of anilines is 3. The van der Waals surface area contributed by atoms with Gasteiger partial charge >= 0.3 is 11.8 Å². The molecule has 0 aliphatic carbocycles. The lowest BCUT2D eigenvalue weighted by molar-refractivity contribution is -0.383. The van der Waals surface area contributed by atoms with Crippen molar-refractivity contribution in [2.75, 3.05) is 43.0 Å². The quantitative estimate of drug-likeness (QED) is 0.552. The van der Waals surface area contributed by atoms with Crippen molar-refractivity contribution in [1.82, 2.24) is 14.9 Å². The van der Waals surface area contributed by atoms with Gasteiger partial charge in [0.05, 0.1) is 27.3 Å². The number of nitrogens with zero attached hydrogens (tertiary/aromatic N) is 5. The summed E-state index contributed by atoms with van der Waals surface area (Å²) in [6.07, 6.45) is 0.836. The molecule has 154 valence electrons. The third-order valence-corrected chi connectivity index (χ3v) is 5.11. The number of halogens is 2. The van der Waals surface area contributed by atoms with Crippen LogP contribution in [0.1, 0.15) is 6.92 Å². The summed E-state index contributed by atoms with van der Waals surface area (Å²) in [6.45, 7) is 3.49. The Morgan fingerprint density at radius 3 is 2.66 bits per heavy atom. The zero-order valence-corrected chi connectivity index (χ0v) is 17.0. The van der Waals surface area contributed by atoms with Gasteiger partial charge in [0.1, 0.15) is 6.33 Å². The summed E-state index contributed by atoms with van der Waals surface area (Å²) in [7, 11) is 0. The van der Waals surface area contributed by atoms with Crippen LogP contribution in [0.3, 0.4) is 0 Å². The third kappa shape index (κ3) is 4.60. The number of benzene rings is 1. The minimum atomic E-state index is -0.548. The van der Waals surface area contributed by atoms with E-state index in [0.29, 0.717) is 36.9 Å². The van der Waals surface area contributed by atoms with Gasteiger partial charge in [0.15, 0.2) is 0 Å². The van der Waals surface area contributed by atoms with E-state index >= 15 is 0 Å². The second-order valence-corrected chi connectivity index (χ2v) is 6.84. The number of hydrogen-bond acceptors (Lipinski definition) is 8. The molecular weight excluding hydrogens is 423 g/mol. The van der Waals surface area contributed by atoms with Gasteiger partial charge in [-0.25, -0.2) is 14.8 Å². The predicted molar refractivity (Wildman–Crippen MR) is 109 cm³/mol. The van der Waals surface area contributed by atoms with Crippen molar-refractivity contribution in [3.8, 4) is 0 Å². The van der Waals surface area contributed by atoms with Crippen molar-refractivity contribution in [3.63, 3.8) is 0 Å². The molecule has 1 aromatic heterocycles. The maximum absolute atomic E-state index is 11.9. The van der Waals surface area contributed by atoms with E-state index in [4.69, 9.17) is 27.9 Å². The molecule has 1 aliphatic rings. The van der Waals surface area contributed by atoms with Gasteiger partial charge in [-0.15, -0.1) is 0 Å². The van der Waals surface area contributed by atoms with Crippen LogP contribution in [0.15, 0.2) is 24.5 Å². The van der Waals surface area contributed by atoms with E-state index in [0.717, 1.165) is 0 Å². The minimum absolute atomic E-state index is 0.00279. The molecule has 0 bridgehead atoms. The van der Waals surface area contributed by atoms with E-state index in [2.05, 4.69) is 15.3 Å². The average Bonchev–Trinajstić information content (AvgIpc) is 2.71. The number of piperazine rings is 1. The molecular formula is C17H18Cl2N6O4. The van der Waals surface area contributed by atoms with Gasteiger partial charge in [-0.05, 0) is 19.1 Å². The van der Waals surface area contributed by atoms with Crippen molar-refractivity contribution in [2.45, 2.75) is 6.92 Å². The SMILES string of the molecule is CCOC(=O)N1CCN(c2ncnc(Nc3cccc(Cl)c3Cl)c2[N+](=O)[O-])CC1. The summed E-state index contributed by atoms with van der Waals surface area (Å²) in [5, 5.41) is 15.2. The summed E-state index contributed by atoms with van der Waals surface area (Å²) < 4.78 is 4.99. The van der Waals surface area contributed by atoms with Crippen molar-refractivity contribution in [1.29, 1.82) is 0 Å². The Morgan fingerprint density at radius 2 is 2.00 bits per heavy atom. The van der Waals surface area contributed by atoms with Crippen LogP contribution in [-0.4, -0.2) is 58.7 Å². The van der Waals surface area contributed by atoms with E-state index < -0.39 is 11.0 Å². The lowest BCUT2D eigenvalue weighted by Crippen LogP contribution is -2.49. The molecule has 0 saturated carbocycles. The third-order valence-electron chi connectivity index (χ3n) is 4.30. The zero-order chi connectivity index (χ0) is 21.0. The second-order valence-electron chi connectivity index (χ2n) is 6.05. The smallest absolute Gasteiger partial charge is 0.409 e. The monoisotopic (exact) mass is 440 g/mol. The number of rotatable bonds is 5. The Bertz CT molecular complexity index is 921. The van der Waals surface area contributed by atoms with Gasteiger partial charge in [-0.1, -0.05) is 29.3 Å². The zero-order valence-electron chi connectivity index (χ0n) is 15.5. The molecule has 0 radical (unpaired) electrons. The van der Waals surface area contributed by atoms with E-state index in [-0.39, 0.29) is 29.0 Å². The number of hydrogen-bond donors (Lipinski definition) is 1. The first kappa shape index (κ1) is 20.9. The molecule has 0 atom stereocenters. The van der Waals surface area contributed by atoms with Crippen LogP contribution in [0.2, 0.25) is 10.0 Å². The molecule has 1 amide bonds. The standard InChI is InChI=1S/C17H18Cl2N6O4/c1-2-29-17(26)24-8-6-23(7-9-24)16-14(25(27)28)15(20-10-21-16)22-12-5-3-4-11(18)13(12)19/h3-5,10H,2,6-9H2,1H3,(H,20,21,22). The number of amides is 1. The topological polar surface area (TPSA) is 114 Å². The van der Waals surface area contributed by atoms with E-state index in [1.807, 2.05) is 0 Å². The highest BCUT2D eigenvalue weighted by molar-refractivity contribution is 6.43. The number of nitrogens with one attached hydrogen (secondary N) is 1. The molecule has 0 spiro atoms. The Morgan fingerprint density at radius 1 is 1.28 bits per heavy atom. The number of ether oxygens (including phenoxy) is 1. The molecule has 10 nitrogen and oxygen atoms in total. The summed E-state index contributed by atoms with van der Waals surface area (Å²) in [4.78, 5) is 34.5. The molecule has 0 unspecified atom stereocenters. The van der Waals surface area contributed by atoms with Gasteiger partial charge in [0.2, 0.25) is 11.6 Å². The molecule has 1 aliphatic heterocycles. The fourth-order valence-electron chi connectivity index (χ4n) is 2.90. The number of nitro groups is 1. The van der Waals surface area contributed by atoms with Crippen molar-refractivity contribution < 1.29 is 14.5 Å². The minimum Gasteiger partial charge on any atom is -0.450 e. The van der Waals surface area contributed by atoms with Crippen LogP contribution in [-0.2, 0) is 4.74 Å². The Balaban J connectivity index is 1.85. The summed E-state index contributed by atoms with van der Waals surface area (Å²) in [5.74, 6) is 0.158. The molecule has 2 aromatic rings. The van der Waals surface area contributed by atoms with Crippen molar-refractivity contribution >= 4 is 52.3 Å². The van der Waals surface area contributed by atoms with Gasteiger partial charge < -0.3 is 19.9 Å². The van der Waals surface area contributed by atoms with Crippen molar-refractivity contribution in [2.24, 2.45) is 0 Å². The van der Waals surface area contributed by atoms with Crippen LogP contribution in [0.4, 0.5) is 27.8 Å². The molecule has 1 fully saturated rings. The van der Waals surface area contributed by atoms with E-state index in [1.165, 1.54) is 6.33 Å². The van der Waals surface area contributed by atoms with Gasteiger partial charge in [0.25, 0.3) is 0 Å². The van der Waals surface area contributed by atoms with Crippen LogP contribution in [0.5, 0.6) is 0 Å². The normalized spacial score (nSPS) is 13.9. The first-order chi connectivity index (χ1) is 13.9. The maximum atomic E-state index is 11.9. The van der Waals surface area contributed by atoms with Crippen LogP contribution < -0.4 is 10.2 Å². The van der Waals surface area contributed by atoms with Gasteiger partial charge in [0, 0.05) is 26.2 Å². The summed E-state index contributed by atoms with van der Waals surface area (Å²) >= 11 is 12.2. The molecule has 1 aromatic carbocycles. The summed E-state index contributed by atoms with van der Waals surface area (Å²) in [6, 6.07) is 4.91. The van der Waals surface area contributed by atoms with Crippen LogP contribution >= 0.6 is 23.2 Å². The fraction of sp³-hybridized carbons (Fsp3) is 0.353. The molecule has 1 saturated heterocycles. The van der Waals surface area contributed by atoms with Gasteiger partial charge in [-0.3, -0.25) is 10.1 Å². The van der Waals surface area contributed by atoms with Crippen LogP contribution in [0.25, 0.3) is 0 Å². The molecule has 2 heterocycles. The largest absolute Gasteiger partial charge is 0.450 e. The molecule has 3 rings (SSSR count). The number of carbonyl (C=O) groups is 1. The summed E-state index contributed by atoms with van der Waals surface area (Å²) in [5.41, 5.74) is 0.104. The first-order valence-corrected chi connectivity index (χ1v) is 9.55. The van der Waals surface area contributed by atoms with Gasteiger partial charge in [-0.2, -0.15) is 0 Å². The molecule has 12 heteroatoms.